The van der Waals surface area contributed by atoms with Gasteiger partial charge in [0, 0.05) is 16.6 Å². The summed E-state index contributed by atoms with van der Waals surface area (Å²) in [5, 5.41) is 4.80. The maximum atomic E-state index is 13.3. The maximum Gasteiger partial charge on any atom is 0.408 e. The van der Waals surface area contributed by atoms with Crippen LogP contribution in [0.15, 0.2) is 60.5 Å². The fourth-order valence-electron chi connectivity index (χ4n) is 3.64. The molecule has 0 bridgehead atoms. The van der Waals surface area contributed by atoms with Crippen LogP contribution < -0.4 is 10.6 Å². The number of benzene rings is 1. The number of ether oxygens (including phenoxy) is 4. The molecule has 0 aliphatic carbocycles. The molecule has 0 saturated heterocycles. The Bertz CT molecular complexity index is 1120. The van der Waals surface area contributed by atoms with Gasteiger partial charge in [-0.2, -0.15) is 0 Å². The average molecular weight is 635 g/mol. The van der Waals surface area contributed by atoms with Crippen LogP contribution in [0.1, 0.15) is 54.4 Å². The molecule has 1 rings (SSSR count). The van der Waals surface area contributed by atoms with Crippen molar-refractivity contribution in [3.63, 3.8) is 0 Å². The Kier molecular flexibility index (Phi) is 16.9. The lowest BCUT2D eigenvalue weighted by Gasteiger charge is -2.29. The van der Waals surface area contributed by atoms with Gasteiger partial charge in [0.2, 0.25) is 5.91 Å². The maximum absolute atomic E-state index is 13.3. The number of hydrogen-bond donors (Lipinski definition) is 2. The molecule has 0 heterocycles. The lowest BCUT2D eigenvalue weighted by Crippen LogP contribution is -2.50. The smallest absolute Gasteiger partial charge is 0.408 e. The van der Waals surface area contributed by atoms with Crippen molar-refractivity contribution in [2.45, 2.75) is 82.2 Å². The molecule has 0 fully saturated rings. The Balaban J connectivity index is 3.25. The highest BCUT2D eigenvalue weighted by atomic mass is 32.2. The first-order valence-corrected chi connectivity index (χ1v) is 15.3. The van der Waals surface area contributed by atoms with Crippen molar-refractivity contribution in [1.82, 2.24) is 10.6 Å². The summed E-state index contributed by atoms with van der Waals surface area (Å²) in [6.07, 6.45) is 1.70. The number of nitrogens with one attached hydrogen (secondary N) is 2. The highest BCUT2D eigenvalue weighted by molar-refractivity contribution is 8.00. The van der Waals surface area contributed by atoms with E-state index < -0.39 is 58.8 Å². The molecule has 0 aliphatic heterocycles. The minimum Gasteiger partial charge on any atom is -0.463 e. The van der Waals surface area contributed by atoms with E-state index >= 15 is 0 Å². The molecule has 2 amide bonds. The number of carbonyl (C=O) groups is 5. The fraction of sp³-hybridized carbons (Fsp3) is 0.531. The van der Waals surface area contributed by atoms with Crippen molar-refractivity contribution < 1.29 is 42.9 Å². The van der Waals surface area contributed by atoms with Gasteiger partial charge in [0.25, 0.3) is 0 Å². The van der Waals surface area contributed by atoms with Crippen LogP contribution >= 0.6 is 11.8 Å². The summed E-state index contributed by atoms with van der Waals surface area (Å²) in [4.78, 5) is 64.4. The van der Waals surface area contributed by atoms with E-state index in [0.717, 1.165) is 4.90 Å². The molecule has 1 aromatic carbocycles. The molecule has 0 aromatic heterocycles. The quantitative estimate of drug-likeness (QED) is 0.102. The van der Waals surface area contributed by atoms with E-state index in [1.54, 1.807) is 34.6 Å². The van der Waals surface area contributed by atoms with Gasteiger partial charge in [-0.25, -0.2) is 9.59 Å². The fourth-order valence-corrected chi connectivity index (χ4v) is 4.85. The number of carbonyl (C=O) groups excluding carboxylic acids is 5. The van der Waals surface area contributed by atoms with E-state index in [4.69, 9.17) is 18.9 Å². The summed E-state index contributed by atoms with van der Waals surface area (Å²) in [6, 6.07) is 7.35. The van der Waals surface area contributed by atoms with Gasteiger partial charge in [0.05, 0.1) is 18.4 Å². The molecule has 1 aromatic rings. The Labute approximate surface area is 264 Å². The first-order valence-electron chi connectivity index (χ1n) is 14.4. The molecule has 2 N–H and O–H groups in total. The van der Waals surface area contributed by atoms with Crippen molar-refractivity contribution in [3.05, 3.63) is 55.6 Å². The molecule has 0 spiro atoms. The van der Waals surface area contributed by atoms with Crippen LogP contribution in [0, 0.1) is 11.8 Å². The molecule has 12 heteroatoms. The number of rotatable bonds is 18. The van der Waals surface area contributed by atoms with Crippen LogP contribution in [-0.4, -0.2) is 72.7 Å². The van der Waals surface area contributed by atoms with E-state index in [1.165, 1.54) is 30.8 Å². The molecule has 1 unspecified atom stereocenters. The zero-order chi connectivity index (χ0) is 33.3. The Morgan fingerprint density at radius 3 is 2.05 bits per heavy atom. The average Bonchev–Trinajstić information content (AvgIpc) is 2.94. The summed E-state index contributed by atoms with van der Waals surface area (Å²) in [5.41, 5.74) is -0.818. The molecule has 0 radical (unpaired) electrons. The SMILES string of the molecule is C=CCOC(=O)C[C@@H](C)C(=O)OC[C@H](NC(=O)OC(C)(C)C)C(CC(=O)N[C@H](C(=O)OCC=C)C(C)C)Sc1ccccc1. The predicted molar refractivity (Wildman–Crippen MR) is 168 cm³/mol. The zero-order valence-electron chi connectivity index (χ0n) is 26.5. The lowest BCUT2D eigenvalue weighted by molar-refractivity contribution is -0.154. The number of thioether (sulfide) groups is 1. The molecule has 11 nitrogen and oxygen atoms in total. The second kappa shape index (κ2) is 19.5. The third kappa shape index (κ3) is 15.6. The molecular formula is C32H46N2O9S. The number of esters is 3. The van der Waals surface area contributed by atoms with Crippen molar-refractivity contribution >= 4 is 41.7 Å². The third-order valence-electron chi connectivity index (χ3n) is 5.79. The van der Waals surface area contributed by atoms with Crippen molar-refractivity contribution in [1.29, 1.82) is 0 Å². The normalized spacial score (nSPS) is 13.8. The minimum atomic E-state index is -0.915. The van der Waals surface area contributed by atoms with Gasteiger partial charge in [0.15, 0.2) is 0 Å². The first-order chi connectivity index (χ1) is 20.7. The first kappa shape index (κ1) is 38.2. The van der Waals surface area contributed by atoms with Crippen molar-refractivity contribution in [3.8, 4) is 0 Å². The topological polar surface area (TPSA) is 146 Å². The standard InChI is InChI=1S/C32H46N2O9S/c1-9-16-40-27(36)18-22(5)29(37)42-20-24(33-31(39)43-32(6,7)8)25(44-23-14-12-11-13-15-23)19-26(35)34-28(21(3)4)30(38)41-17-10-2/h9-15,21-22,24-25,28H,1-2,16-20H2,3-8H3,(H,33,39)(H,34,35)/t22-,24+,25?,28+/m1/s1. The van der Waals surface area contributed by atoms with Gasteiger partial charge >= 0.3 is 24.0 Å². The number of alkyl carbamates (subject to hydrolysis) is 1. The second-order valence-corrected chi connectivity index (χ2v) is 12.7. The Hall–Kier alpha value is -3.80. The lowest BCUT2D eigenvalue weighted by atomic mass is 10.0. The summed E-state index contributed by atoms with van der Waals surface area (Å²) in [6.45, 7) is 16.9. The van der Waals surface area contributed by atoms with Crippen LogP contribution in [-0.2, 0) is 38.1 Å². The highest BCUT2D eigenvalue weighted by Gasteiger charge is 2.33. The van der Waals surface area contributed by atoms with Crippen molar-refractivity contribution in [2.75, 3.05) is 19.8 Å². The summed E-state index contributed by atoms with van der Waals surface area (Å²) in [5.74, 6) is -3.45. The molecule has 0 aliphatic rings. The van der Waals surface area contributed by atoms with E-state index in [0.29, 0.717) is 0 Å². The van der Waals surface area contributed by atoms with Crippen LogP contribution in [0.3, 0.4) is 0 Å². The van der Waals surface area contributed by atoms with Crippen LogP contribution in [0.2, 0.25) is 0 Å². The molecule has 0 saturated carbocycles. The number of amides is 2. The monoisotopic (exact) mass is 634 g/mol. The van der Waals surface area contributed by atoms with E-state index in [-0.39, 0.29) is 38.6 Å². The molecule has 4 atom stereocenters. The van der Waals surface area contributed by atoms with Gasteiger partial charge in [-0.15, -0.1) is 11.8 Å². The third-order valence-corrected chi connectivity index (χ3v) is 7.13. The van der Waals surface area contributed by atoms with Gasteiger partial charge in [-0.3, -0.25) is 14.4 Å². The van der Waals surface area contributed by atoms with Crippen LogP contribution in [0.25, 0.3) is 0 Å². The van der Waals surface area contributed by atoms with Gasteiger partial charge < -0.3 is 29.6 Å². The molecule has 44 heavy (non-hydrogen) atoms. The van der Waals surface area contributed by atoms with Gasteiger partial charge in [-0.1, -0.05) is 64.3 Å². The largest absolute Gasteiger partial charge is 0.463 e. The minimum absolute atomic E-state index is 0.00204. The molecule has 244 valence electrons. The Morgan fingerprint density at radius 1 is 0.864 bits per heavy atom. The predicted octanol–water partition coefficient (Wildman–Crippen LogP) is 4.60. The second-order valence-electron chi connectivity index (χ2n) is 11.3. The Morgan fingerprint density at radius 2 is 1.48 bits per heavy atom. The van der Waals surface area contributed by atoms with Gasteiger partial charge in [0.1, 0.15) is 31.5 Å². The summed E-state index contributed by atoms with van der Waals surface area (Å²) in [7, 11) is 0. The van der Waals surface area contributed by atoms with Crippen molar-refractivity contribution in [2.24, 2.45) is 11.8 Å². The summed E-state index contributed by atoms with van der Waals surface area (Å²) < 4.78 is 21.1. The van der Waals surface area contributed by atoms with Crippen LogP contribution in [0.4, 0.5) is 4.79 Å². The van der Waals surface area contributed by atoms with Crippen LogP contribution in [0.5, 0.6) is 0 Å². The summed E-state index contributed by atoms with van der Waals surface area (Å²) >= 11 is 1.29. The van der Waals surface area contributed by atoms with E-state index in [1.807, 2.05) is 30.3 Å². The zero-order valence-corrected chi connectivity index (χ0v) is 27.3. The molecular weight excluding hydrogens is 588 g/mol. The van der Waals surface area contributed by atoms with Gasteiger partial charge in [-0.05, 0) is 38.8 Å². The van der Waals surface area contributed by atoms with E-state index in [2.05, 4.69) is 23.8 Å². The van der Waals surface area contributed by atoms with E-state index in [9.17, 15) is 24.0 Å². The number of hydrogen-bond acceptors (Lipinski definition) is 10. The highest BCUT2D eigenvalue weighted by Crippen LogP contribution is 2.29.